The average molecular weight is 256 g/mol. The Morgan fingerprint density at radius 1 is 1.37 bits per heavy atom. The van der Waals surface area contributed by atoms with Gasteiger partial charge in [-0.1, -0.05) is 18.2 Å². The van der Waals surface area contributed by atoms with Crippen LogP contribution in [0.3, 0.4) is 0 Å². The Balaban J connectivity index is 1.88. The van der Waals surface area contributed by atoms with Crippen LogP contribution < -0.4 is 4.74 Å². The summed E-state index contributed by atoms with van der Waals surface area (Å²) in [6.07, 6.45) is 6.68. The third kappa shape index (κ3) is 2.37. The lowest BCUT2D eigenvalue weighted by atomic mass is 10.1. The second-order valence-corrected chi connectivity index (χ2v) is 5.29. The molecule has 100 valence electrons. The number of fused-ring (bicyclic) bond motifs is 1. The van der Waals surface area contributed by atoms with E-state index in [-0.39, 0.29) is 0 Å². The van der Waals surface area contributed by atoms with Gasteiger partial charge < -0.3 is 9.30 Å². The molecule has 1 aliphatic heterocycles. The number of aryl methyl sites for hydroxylation is 1. The van der Waals surface area contributed by atoms with Gasteiger partial charge in [0.05, 0.1) is 12.8 Å². The van der Waals surface area contributed by atoms with E-state index in [4.69, 9.17) is 9.72 Å². The number of rotatable bonds is 3. The molecule has 1 atom stereocenters. The number of imidazole rings is 1. The molecule has 1 aliphatic rings. The fraction of sp³-hybridized carbons (Fsp3) is 0.438. The second kappa shape index (κ2) is 5.08. The normalized spacial score (nSPS) is 18.1. The minimum Gasteiger partial charge on any atom is -0.496 e. The summed E-state index contributed by atoms with van der Waals surface area (Å²) in [5, 5.41) is 0. The quantitative estimate of drug-likeness (QED) is 0.841. The Morgan fingerprint density at radius 2 is 2.21 bits per heavy atom. The minimum absolute atomic E-state index is 0.586. The largest absolute Gasteiger partial charge is 0.496 e. The van der Waals surface area contributed by atoms with Gasteiger partial charge in [0.1, 0.15) is 11.6 Å². The first kappa shape index (κ1) is 12.3. The molecule has 0 spiro atoms. The maximum absolute atomic E-state index is 5.41. The van der Waals surface area contributed by atoms with Crippen molar-refractivity contribution in [1.29, 1.82) is 0 Å². The lowest BCUT2D eigenvalue weighted by Gasteiger charge is -2.20. The Bertz CT molecular complexity index is 574. The third-order valence-electron chi connectivity index (χ3n) is 3.92. The third-order valence-corrected chi connectivity index (χ3v) is 3.92. The van der Waals surface area contributed by atoms with Gasteiger partial charge in [0.2, 0.25) is 0 Å². The monoisotopic (exact) mass is 256 g/mol. The van der Waals surface area contributed by atoms with Crippen LogP contribution >= 0.6 is 0 Å². The molecule has 3 rings (SSSR count). The molecule has 19 heavy (non-hydrogen) atoms. The molecule has 1 unspecified atom stereocenters. The van der Waals surface area contributed by atoms with Gasteiger partial charge in [0.25, 0.3) is 0 Å². The fourth-order valence-electron chi connectivity index (χ4n) is 2.88. The van der Waals surface area contributed by atoms with Crippen molar-refractivity contribution < 1.29 is 4.74 Å². The van der Waals surface area contributed by atoms with Crippen LogP contribution in [0.5, 0.6) is 5.75 Å². The van der Waals surface area contributed by atoms with Gasteiger partial charge in [-0.2, -0.15) is 0 Å². The number of methoxy groups -OCH3 is 1. The lowest BCUT2D eigenvalue weighted by molar-refractivity contribution is 0.410. The van der Waals surface area contributed by atoms with E-state index >= 15 is 0 Å². The predicted octanol–water partition coefficient (Wildman–Crippen LogP) is 3.38. The first-order chi connectivity index (χ1) is 9.28. The number of aromatic nitrogens is 2. The van der Waals surface area contributed by atoms with Gasteiger partial charge in [0.15, 0.2) is 0 Å². The SMILES string of the molecule is COc1ccccc1Cc1cn2c(n1)CCCC2C. The Hall–Kier alpha value is -1.77. The molecule has 1 aromatic heterocycles. The van der Waals surface area contributed by atoms with Crippen LogP contribution in [0, 0.1) is 0 Å². The molecule has 0 fully saturated rings. The summed E-state index contributed by atoms with van der Waals surface area (Å²) in [6.45, 7) is 2.28. The van der Waals surface area contributed by atoms with Gasteiger partial charge in [-0.3, -0.25) is 0 Å². The van der Waals surface area contributed by atoms with Crippen molar-refractivity contribution in [2.45, 2.75) is 38.6 Å². The van der Waals surface area contributed by atoms with Crippen molar-refractivity contribution in [2.24, 2.45) is 0 Å². The van der Waals surface area contributed by atoms with Crippen molar-refractivity contribution in [3.8, 4) is 5.75 Å². The molecule has 0 amide bonds. The summed E-state index contributed by atoms with van der Waals surface area (Å²) in [5.41, 5.74) is 2.35. The number of hydrogen-bond acceptors (Lipinski definition) is 2. The molecule has 0 N–H and O–H groups in total. The van der Waals surface area contributed by atoms with E-state index in [1.165, 1.54) is 24.2 Å². The van der Waals surface area contributed by atoms with Crippen LogP contribution in [0.25, 0.3) is 0 Å². The number of hydrogen-bond donors (Lipinski definition) is 0. The van der Waals surface area contributed by atoms with Gasteiger partial charge in [-0.15, -0.1) is 0 Å². The molecule has 1 aromatic carbocycles. The summed E-state index contributed by atoms with van der Waals surface area (Å²) in [6, 6.07) is 8.76. The molecule has 0 bridgehead atoms. The highest BCUT2D eigenvalue weighted by molar-refractivity contribution is 5.36. The van der Waals surface area contributed by atoms with Crippen LogP contribution in [-0.2, 0) is 12.8 Å². The first-order valence-electron chi connectivity index (χ1n) is 6.96. The van der Waals surface area contributed by atoms with E-state index in [9.17, 15) is 0 Å². The molecule has 2 aromatic rings. The smallest absolute Gasteiger partial charge is 0.122 e. The standard InChI is InChI=1S/C16H20N2O/c1-12-6-5-9-16-17-14(11-18(12)16)10-13-7-3-4-8-15(13)19-2/h3-4,7-8,11-12H,5-6,9-10H2,1-2H3. The van der Waals surface area contributed by atoms with Gasteiger partial charge in [-0.25, -0.2) is 4.98 Å². The molecule has 0 radical (unpaired) electrons. The van der Waals surface area contributed by atoms with Crippen LogP contribution in [0.15, 0.2) is 30.5 Å². The van der Waals surface area contributed by atoms with E-state index in [2.05, 4.69) is 29.8 Å². The van der Waals surface area contributed by atoms with Gasteiger partial charge in [-0.05, 0) is 25.8 Å². The van der Waals surface area contributed by atoms with E-state index in [0.717, 1.165) is 24.3 Å². The molecule has 0 aliphatic carbocycles. The van der Waals surface area contributed by atoms with Crippen molar-refractivity contribution in [2.75, 3.05) is 7.11 Å². The zero-order valence-corrected chi connectivity index (χ0v) is 11.6. The van der Waals surface area contributed by atoms with Gasteiger partial charge >= 0.3 is 0 Å². The lowest BCUT2D eigenvalue weighted by Crippen LogP contribution is -2.14. The van der Waals surface area contributed by atoms with Crippen molar-refractivity contribution >= 4 is 0 Å². The summed E-state index contributed by atoms with van der Waals surface area (Å²) in [7, 11) is 1.72. The van der Waals surface area contributed by atoms with Gasteiger partial charge in [0, 0.05) is 30.6 Å². The topological polar surface area (TPSA) is 27.1 Å². The van der Waals surface area contributed by atoms with Crippen molar-refractivity contribution in [3.63, 3.8) is 0 Å². The molecule has 3 heteroatoms. The summed E-state index contributed by atoms with van der Waals surface area (Å²) in [5.74, 6) is 2.19. The van der Waals surface area contributed by atoms with E-state index in [1.807, 2.05) is 12.1 Å². The minimum atomic E-state index is 0.586. The highest BCUT2D eigenvalue weighted by Crippen LogP contribution is 2.26. The van der Waals surface area contributed by atoms with E-state index in [0.29, 0.717) is 6.04 Å². The Labute approximate surface area is 114 Å². The van der Waals surface area contributed by atoms with Crippen molar-refractivity contribution in [1.82, 2.24) is 9.55 Å². The van der Waals surface area contributed by atoms with E-state index in [1.54, 1.807) is 7.11 Å². The summed E-state index contributed by atoms with van der Waals surface area (Å²) in [4.78, 5) is 4.78. The summed E-state index contributed by atoms with van der Waals surface area (Å²) >= 11 is 0. The summed E-state index contributed by atoms with van der Waals surface area (Å²) < 4.78 is 7.75. The molecule has 0 saturated heterocycles. The van der Waals surface area contributed by atoms with Crippen LogP contribution in [0.2, 0.25) is 0 Å². The first-order valence-corrected chi connectivity index (χ1v) is 6.96. The highest BCUT2D eigenvalue weighted by atomic mass is 16.5. The van der Waals surface area contributed by atoms with Crippen LogP contribution in [0.1, 0.15) is 42.9 Å². The molecular formula is C16H20N2O. The maximum Gasteiger partial charge on any atom is 0.122 e. The molecule has 3 nitrogen and oxygen atoms in total. The number of para-hydroxylation sites is 1. The number of benzene rings is 1. The molecule has 0 saturated carbocycles. The Kier molecular flexibility index (Phi) is 3.28. The predicted molar refractivity (Wildman–Crippen MR) is 75.7 cm³/mol. The second-order valence-electron chi connectivity index (χ2n) is 5.29. The zero-order valence-electron chi connectivity index (χ0n) is 11.6. The number of nitrogens with zero attached hydrogens (tertiary/aromatic N) is 2. The Morgan fingerprint density at radius 3 is 3.00 bits per heavy atom. The zero-order chi connectivity index (χ0) is 13.2. The van der Waals surface area contributed by atoms with Crippen LogP contribution in [-0.4, -0.2) is 16.7 Å². The van der Waals surface area contributed by atoms with Crippen molar-refractivity contribution in [3.05, 3.63) is 47.5 Å². The molecule has 2 heterocycles. The average Bonchev–Trinajstić information content (AvgIpc) is 2.83. The van der Waals surface area contributed by atoms with E-state index < -0.39 is 0 Å². The fourth-order valence-corrected chi connectivity index (χ4v) is 2.88. The number of ether oxygens (including phenoxy) is 1. The highest BCUT2D eigenvalue weighted by Gasteiger charge is 2.18. The maximum atomic E-state index is 5.41. The molecular weight excluding hydrogens is 236 g/mol. The van der Waals surface area contributed by atoms with Crippen LogP contribution in [0.4, 0.5) is 0 Å².